The highest BCUT2D eigenvalue weighted by Crippen LogP contribution is 2.22. The molecule has 0 fully saturated rings. The number of hydrogen-bond acceptors (Lipinski definition) is 3. The molecular weight excluding hydrogens is 215 g/mol. The Labute approximate surface area is 96.0 Å². The monoisotopic (exact) mass is 236 g/mol. The molecule has 0 heterocycles. The zero-order chi connectivity index (χ0) is 11.8. The van der Waals surface area contributed by atoms with E-state index in [1.807, 2.05) is 13.8 Å². The van der Waals surface area contributed by atoms with Crippen LogP contribution in [0.5, 0.6) is 0 Å². The first kappa shape index (κ1) is 14.8. The topological polar surface area (TPSA) is 26.3 Å². The minimum atomic E-state index is -0.749. The zero-order valence-electron chi connectivity index (χ0n) is 9.96. The fourth-order valence-electron chi connectivity index (χ4n) is 1.22. The van der Waals surface area contributed by atoms with E-state index in [4.69, 9.17) is 4.74 Å². The Morgan fingerprint density at radius 3 is 2.40 bits per heavy atom. The third-order valence-corrected chi connectivity index (χ3v) is 3.70. The summed E-state index contributed by atoms with van der Waals surface area (Å²) in [5, 5.41) is -0.120. The molecule has 4 heteroatoms. The third-order valence-electron chi connectivity index (χ3n) is 2.08. The lowest BCUT2D eigenvalue weighted by atomic mass is 10.1. The van der Waals surface area contributed by atoms with E-state index in [1.54, 1.807) is 18.7 Å². The molecule has 0 saturated carbocycles. The van der Waals surface area contributed by atoms with E-state index in [9.17, 15) is 9.18 Å². The summed E-state index contributed by atoms with van der Waals surface area (Å²) in [6.45, 7) is 5.55. The number of esters is 1. The van der Waals surface area contributed by atoms with Crippen molar-refractivity contribution in [1.29, 1.82) is 0 Å². The standard InChI is InChI=1S/C11H21FO2S/c1-8(2)10(11(13)14-4)15-7-5-6-9(3)12/h8-10H,5-7H2,1-4H3. The molecule has 90 valence electrons. The predicted octanol–water partition coefficient (Wildman–Crippen LogP) is 3.06. The summed E-state index contributed by atoms with van der Waals surface area (Å²) in [4.78, 5) is 11.4. The fraction of sp³-hybridized carbons (Fsp3) is 0.909. The van der Waals surface area contributed by atoms with E-state index >= 15 is 0 Å². The molecule has 0 aromatic rings. The molecule has 0 spiro atoms. The van der Waals surface area contributed by atoms with Gasteiger partial charge in [0.25, 0.3) is 0 Å². The minimum absolute atomic E-state index is 0.120. The maximum atomic E-state index is 12.5. The number of thioether (sulfide) groups is 1. The maximum absolute atomic E-state index is 12.5. The van der Waals surface area contributed by atoms with Crippen LogP contribution in [0.1, 0.15) is 33.6 Å². The second kappa shape index (κ2) is 7.97. The zero-order valence-corrected chi connectivity index (χ0v) is 10.8. The van der Waals surface area contributed by atoms with Crippen molar-refractivity contribution in [2.45, 2.75) is 45.0 Å². The van der Waals surface area contributed by atoms with E-state index in [2.05, 4.69) is 0 Å². The summed E-state index contributed by atoms with van der Waals surface area (Å²) in [7, 11) is 1.40. The molecule has 0 aromatic heterocycles. The van der Waals surface area contributed by atoms with Gasteiger partial charge in [0.05, 0.1) is 13.3 Å². The van der Waals surface area contributed by atoms with Gasteiger partial charge in [0.1, 0.15) is 5.25 Å². The van der Waals surface area contributed by atoms with Crippen LogP contribution in [-0.2, 0) is 9.53 Å². The molecule has 0 aliphatic carbocycles. The first-order valence-electron chi connectivity index (χ1n) is 5.32. The maximum Gasteiger partial charge on any atom is 0.319 e. The van der Waals surface area contributed by atoms with Crippen LogP contribution in [-0.4, -0.2) is 30.3 Å². The van der Waals surface area contributed by atoms with Gasteiger partial charge in [-0.3, -0.25) is 4.79 Å². The largest absolute Gasteiger partial charge is 0.468 e. The van der Waals surface area contributed by atoms with Crippen LogP contribution in [0, 0.1) is 5.92 Å². The smallest absolute Gasteiger partial charge is 0.319 e. The highest BCUT2D eigenvalue weighted by atomic mass is 32.2. The van der Waals surface area contributed by atoms with Crippen molar-refractivity contribution in [1.82, 2.24) is 0 Å². The number of ether oxygens (including phenoxy) is 1. The lowest BCUT2D eigenvalue weighted by molar-refractivity contribution is -0.140. The molecule has 0 N–H and O–H groups in total. The molecule has 0 rings (SSSR count). The summed E-state index contributed by atoms with van der Waals surface area (Å²) in [6, 6.07) is 0. The predicted molar refractivity (Wildman–Crippen MR) is 62.9 cm³/mol. The van der Waals surface area contributed by atoms with E-state index in [0.717, 1.165) is 12.2 Å². The molecule has 0 radical (unpaired) electrons. The van der Waals surface area contributed by atoms with Crippen molar-refractivity contribution in [3.05, 3.63) is 0 Å². The fourth-order valence-corrected chi connectivity index (χ4v) is 2.43. The highest BCUT2D eigenvalue weighted by Gasteiger charge is 2.22. The van der Waals surface area contributed by atoms with Gasteiger partial charge in [-0.25, -0.2) is 4.39 Å². The quantitative estimate of drug-likeness (QED) is 0.502. The molecule has 0 bridgehead atoms. The molecule has 15 heavy (non-hydrogen) atoms. The summed E-state index contributed by atoms with van der Waals surface area (Å²) in [5.74, 6) is 0.889. The van der Waals surface area contributed by atoms with Gasteiger partial charge >= 0.3 is 5.97 Å². The van der Waals surface area contributed by atoms with Crippen LogP contribution in [0.15, 0.2) is 0 Å². The van der Waals surface area contributed by atoms with Gasteiger partial charge in [0, 0.05) is 0 Å². The number of carbonyl (C=O) groups is 1. The highest BCUT2D eigenvalue weighted by molar-refractivity contribution is 8.00. The van der Waals surface area contributed by atoms with Crippen molar-refractivity contribution in [2.24, 2.45) is 5.92 Å². The summed E-state index contributed by atoms with van der Waals surface area (Å²) < 4.78 is 17.2. The Bertz CT molecular complexity index is 183. The second-order valence-corrected chi connectivity index (χ2v) is 5.23. The van der Waals surface area contributed by atoms with Crippen LogP contribution in [0.4, 0.5) is 4.39 Å². The van der Waals surface area contributed by atoms with Crippen LogP contribution < -0.4 is 0 Å². The van der Waals surface area contributed by atoms with Gasteiger partial charge in [0.15, 0.2) is 0 Å². The molecule has 0 aromatic carbocycles. The molecule has 0 aliphatic heterocycles. The lowest BCUT2D eigenvalue weighted by Crippen LogP contribution is -2.24. The first-order valence-corrected chi connectivity index (χ1v) is 6.37. The van der Waals surface area contributed by atoms with Crippen LogP contribution in [0.2, 0.25) is 0 Å². The Balaban J connectivity index is 3.82. The van der Waals surface area contributed by atoms with Crippen LogP contribution in [0.25, 0.3) is 0 Å². The van der Waals surface area contributed by atoms with E-state index in [1.165, 1.54) is 7.11 Å². The molecule has 0 saturated heterocycles. The van der Waals surface area contributed by atoms with Crippen molar-refractivity contribution in [2.75, 3.05) is 12.9 Å². The average Bonchev–Trinajstić information content (AvgIpc) is 2.15. The lowest BCUT2D eigenvalue weighted by Gasteiger charge is -2.17. The first-order chi connectivity index (χ1) is 6.99. The number of hydrogen-bond donors (Lipinski definition) is 0. The third kappa shape index (κ3) is 6.77. The van der Waals surface area contributed by atoms with Crippen molar-refractivity contribution in [3.8, 4) is 0 Å². The number of halogens is 1. The van der Waals surface area contributed by atoms with Crippen LogP contribution in [0.3, 0.4) is 0 Å². The number of alkyl halides is 1. The Kier molecular flexibility index (Phi) is 7.83. The second-order valence-electron chi connectivity index (χ2n) is 3.98. The normalized spacial score (nSPS) is 15.1. The number of rotatable bonds is 7. The van der Waals surface area contributed by atoms with Crippen LogP contribution >= 0.6 is 11.8 Å². The Morgan fingerprint density at radius 2 is 2.00 bits per heavy atom. The molecular formula is C11H21FO2S. The Morgan fingerprint density at radius 1 is 1.40 bits per heavy atom. The van der Waals surface area contributed by atoms with Gasteiger partial charge in [0.2, 0.25) is 0 Å². The summed E-state index contributed by atoms with van der Waals surface area (Å²) >= 11 is 1.56. The van der Waals surface area contributed by atoms with Gasteiger partial charge in [-0.1, -0.05) is 13.8 Å². The van der Waals surface area contributed by atoms with Crippen molar-refractivity contribution < 1.29 is 13.9 Å². The molecule has 0 amide bonds. The molecule has 2 nitrogen and oxygen atoms in total. The summed E-state index contributed by atoms with van der Waals surface area (Å²) in [6.07, 6.45) is 0.628. The summed E-state index contributed by atoms with van der Waals surface area (Å²) in [5.41, 5.74) is 0. The van der Waals surface area contributed by atoms with E-state index in [0.29, 0.717) is 6.42 Å². The van der Waals surface area contributed by atoms with Gasteiger partial charge in [-0.05, 0) is 31.4 Å². The number of methoxy groups -OCH3 is 1. The van der Waals surface area contributed by atoms with Gasteiger partial charge in [-0.15, -0.1) is 11.8 Å². The molecule has 2 atom stereocenters. The molecule has 0 aliphatic rings. The van der Waals surface area contributed by atoms with Crippen molar-refractivity contribution >= 4 is 17.7 Å². The van der Waals surface area contributed by atoms with Gasteiger partial charge < -0.3 is 4.74 Å². The SMILES string of the molecule is COC(=O)C(SCCCC(C)F)C(C)C. The number of carbonyl (C=O) groups excluding carboxylic acids is 1. The van der Waals surface area contributed by atoms with E-state index in [-0.39, 0.29) is 17.1 Å². The average molecular weight is 236 g/mol. The minimum Gasteiger partial charge on any atom is -0.468 e. The molecule has 2 unspecified atom stereocenters. The Hall–Kier alpha value is -0.250. The van der Waals surface area contributed by atoms with E-state index < -0.39 is 6.17 Å². The van der Waals surface area contributed by atoms with Crippen molar-refractivity contribution in [3.63, 3.8) is 0 Å². The van der Waals surface area contributed by atoms with Gasteiger partial charge in [-0.2, -0.15) is 0 Å².